The second-order valence-electron chi connectivity index (χ2n) is 3.10. The van der Waals surface area contributed by atoms with Gasteiger partial charge in [0.15, 0.2) is 0 Å². The molecule has 17 heavy (non-hydrogen) atoms. The van der Waals surface area contributed by atoms with Crippen molar-refractivity contribution in [3.63, 3.8) is 0 Å². The molecule has 0 aromatic heterocycles. The van der Waals surface area contributed by atoms with E-state index in [-0.39, 0.29) is 23.4 Å². The zero-order valence-corrected chi connectivity index (χ0v) is 11.0. The minimum absolute atomic E-state index is 0.140. The van der Waals surface area contributed by atoms with E-state index in [2.05, 4.69) is 10.1 Å². The lowest BCUT2D eigenvalue weighted by Gasteiger charge is -2.14. The van der Waals surface area contributed by atoms with Gasteiger partial charge in [-0.3, -0.25) is 9.59 Å². The lowest BCUT2D eigenvalue weighted by atomic mass is 10.3. The van der Waals surface area contributed by atoms with E-state index < -0.39 is 12.0 Å². The molecule has 0 aliphatic heterocycles. The molecule has 0 spiro atoms. The summed E-state index contributed by atoms with van der Waals surface area (Å²) < 4.78 is 9.26. The van der Waals surface area contributed by atoms with Gasteiger partial charge in [0.25, 0.3) is 0 Å². The predicted octanol–water partition coefficient (Wildman–Crippen LogP) is -0.0396. The van der Waals surface area contributed by atoms with Crippen LogP contribution in [0.15, 0.2) is 0 Å². The van der Waals surface area contributed by atoms with Crippen LogP contribution >= 0.6 is 11.8 Å². The average molecular weight is 263 g/mol. The van der Waals surface area contributed by atoms with Crippen molar-refractivity contribution >= 4 is 29.6 Å². The van der Waals surface area contributed by atoms with Crippen LogP contribution < -0.4 is 5.32 Å². The highest BCUT2D eigenvalue weighted by Gasteiger charge is 2.20. The highest BCUT2D eigenvalue weighted by Crippen LogP contribution is 2.05. The molecule has 0 aliphatic carbocycles. The molecule has 0 rings (SSSR count). The average Bonchev–Trinajstić information content (AvgIpc) is 2.26. The third-order valence-corrected chi connectivity index (χ3v) is 2.68. The molecule has 98 valence electrons. The Bertz CT molecular complexity index is 282. The Morgan fingerprint density at radius 3 is 2.47 bits per heavy atom. The van der Waals surface area contributed by atoms with Crippen molar-refractivity contribution in [2.45, 2.75) is 19.9 Å². The van der Waals surface area contributed by atoms with E-state index in [1.54, 1.807) is 6.92 Å². The molecule has 0 aromatic carbocycles. The first kappa shape index (κ1) is 15.8. The molecule has 1 amide bonds. The number of carbonyl (C=O) groups excluding carboxylic acids is 3. The smallest absolute Gasteiger partial charge is 0.329 e. The van der Waals surface area contributed by atoms with Gasteiger partial charge in [-0.25, -0.2) is 4.79 Å². The first-order valence-corrected chi connectivity index (χ1v) is 6.25. The summed E-state index contributed by atoms with van der Waals surface area (Å²) in [4.78, 5) is 33.2. The molecular formula is C10H17NO5S. The quantitative estimate of drug-likeness (QED) is 0.649. The highest BCUT2D eigenvalue weighted by molar-refractivity contribution is 8.00. The molecule has 0 fully saturated rings. The van der Waals surface area contributed by atoms with Crippen LogP contribution in [-0.2, 0) is 23.9 Å². The van der Waals surface area contributed by atoms with Gasteiger partial charge < -0.3 is 14.8 Å². The topological polar surface area (TPSA) is 81.7 Å². The minimum Gasteiger partial charge on any atom is -0.467 e. The van der Waals surface area contributed by atoms with Crippen molar-refractivity contribution in [2.75, 3.05) is 25.2 Å². The summed E-state index contributed by atoms with van der Waals surface area (Å²) in [5.41, 5.74) is 0. The van der Waals surface area contributed by atoms with Gasteiger partial charge in [0.1, 0.15) is 6.04 Å². The number of hydrogen-bond acceptors (Lipinski definition) is 6. The van der Waals surface area contributed by atoms with E-state index in [1.807, 2.05) is 0 Å². The molecule has 1 unspecified atom stereocenters. The van der Waals surface area contributed by atoms with Gasteiger partial charge in [0.05, 0.1) is 19.5 Å². The van der Waals surface area contributed by atoms with Crippen LogP contribution in [-0.4, -0.2) is 49.1 Å². The molecule has 0 radical (unpaired) electrons. The summed E-state index contributed by atoms with van der Waals surface area (Å²) in [5, 5.41) is 2.45. The van der Waals surface area contributed by atoms with Crippen molar-refractivity contribution in [2.24, 2.45) is 0 Å². The zero-order chi connectivity index (χ0) is 13.3. The summed E-state index contributed by atoms with van der Waals surface area (Å²) in [7, 11) is 1.24. The van der Waals surface area contributed by atoms with E-state index in [0.717, 1.165) is 0 Å². The van der Waals surface area contributed by atoms with Crippen LogP contribution in [0.25, 0.3) is 0 Å². The van der Waals surface area contributed by atoms with Gasteiger partial charge in [-0.1, -0.05) is 0 Å². The van der Waals surface area contributed by atoms with Crippen LogP contribution in [0.3, 0.4) is 0 Å². The monoisotopic (exact) mass is 263 g/mol. The Balaban J connectivity index is 4.03. The standard InChI is InChI=1S/C10H17NO5S/c1-4-16-9(13)6-17-5-8(10(14)15-3)11-7(2)12/h8H,4-6H2,1-3H3,(H,11,12). The van der Waals surface area contributed by atoms with Crippen LogP contribution in [0.2, 0.25) is 0 Å². The van der Waals surface area contributed by atoms with Crippen LogP contribution in [0.4, 0.5) is 0 Å². The lowest BCUT2D eigenvalue weighted by molar-refractivity contribution is -0.144. The molecule has 6 nitrogen and oxygen atoms in total. The molecule has 0 heterocycles. The van der Waals surface area contributed by atoms with Gasteiger partial charge >= 0.3 is 11.9 Å². The molecule has 1 N–H and O–H groups in total. The van der Waals surface area contributed by atoms with E-state index in [1.165, 1.54) is 25.8 Å². The number of thioether (sulfide) groups is 1. The minimum atomic E-state index is -0.739. The van der Waals surface area contributed by atoms with Gasteiger partial charge in [-0.15, -0.1) is 11.8 Å². The largest absolute Gasteiger partial charge is 0.467 e. The Labute approximate surface area is 104 Å². The van der Waals surface area contributed by atoms with Crippen LogP contribution in [0, 0.1) is 0 Å². The highest BCUT2D eigenvalue weighted by atomic mass is 32.2. The molecule has 0 bridgehead atoms. The summed E-state index contributed by atoms with van der Waals surface area (Å²) in [6.45, 7) is 3.36. The number of methoxy groups -OCH3 is 1. The lowest BCUT2D eigenvalue weighted by Crippen LogP contribution is -2.42. The molecule has 0 saturated heterocycles. The number of ether oxygens (including phenoxy) is 2. The van der Waals surface area contributed by atoms with E-state index in [0.29, 0.717) is 6.61 Å². The normalized spacial score (nSPS) is 11.5. The number of carbonyl (C=O) groups is 3. The fraction of sp³-hybridized carbons (Fsp3) is 0.700. The Kier molecular flexibility index (Phi) is 8.21. The molecular weight excluding hydrogens is 246 g/mol. The Hall–Kier alpha value is -1.24. The maximum atomic E-state index is 11.3. The van der Waals surface area contributed by atoms with Gasteiger partial charge in [0, 0.05) is 12.7 Å². The first-order valence-electron chi connectivity index (χ1n) is 5.09. The van der Waals surface area contributed by atoms with E-state index >= 15 is 0 Å². The Morgan fingerprint density at radius 1 is 1.35 bits per heavy atom. The second-order valence-corrected chi connectivity index (χ2v) is 4.13. The fourth-order valence-electron chi connectivity index (χ4n) is 1.02. The molecule has 0 aromatic rings. The van der Waals surface area contributed by atoms with Crippen molar-refractivity contribution in [3.8, 4) is 0 Å². The van der Waals surface area contributed by atoms with Crippen LogP contribution in [0.1, 0.15) is 13.8 Å². The van der Waals surface area contributed by atoms with E-state index in [4.69, 9.17) is 4.74 Å². The van der Waals surface area contributed by atoms with Crippen molar-refractivity contribution < 1.29 is 23.9 Å². The molecule has 1 atom stereocenters. The van der Waals surface area contributed by atoms with Gasteiger partial charge in [0.2, 0.25) is 5.91 Å². The van der Waals surface area contributed by atoms with Crippen LogP contribution in [0.5, 0.6) is 0 Å². The third kappa shape index (κ3) is 7.62. The van der Waals surface area contributed by atoms with Crippen molar-refractivity contribution in [1.29, 1.82) is 0 Å². The number of nitrogens with one attached hydrogen (secondary N) is 1. The number of rotatable bonds is 7. The van der Waals surface area contributed by atoms with Gasteiger partial charge in [-0.2, -0.15) is 0 Å². The summed E-state index contributed by atoms with van der Waals surface area (Å²) in [6.07, 6.45) is 0. The summed E-state index contributed by atoms with van der Waals surface area (Å²) >= 11 is 1.20. The van der Waals surface area contributed by atoms with Crippen molar-refractivity contribution in [1.82, 2.24) is 5.32 Å². The number of amides is 1. The summed E-state index contributed by atoms with van der Waals surface area (Å²) in [6, 6.07) is -0.739. The maximum absolute atomic E-state index is 11.3. The predicted molar refractivity (Wildman–Crippen MR) is 63.6 cm³/mol. The molecule has 0 saturated carbocycles. The zero-order valence-electron chi connectivity index (χ0n) is 10.1. The SMILES string of the molecule is CCOC(=O)CSCC(NC(C)=O)C(=O)OC. The summed E-state index contributed by atoms with van der Waals surface area (Å²) in [5.74, 6) is -0.788. The number of esters is 2. The second kappa shape index (κ2) is 8.86. The number of hydrogen-bond donors (Lipinski definition) is 1. The Morgan fingerprint density at radius 2 is 2.00 bits per heavy atom. The third-order valence-electron chi connectivity index (χ3n) is 1.67. The van der Waals surface area contributed by atoms with E-state index in [9.17, 15) is 14.4 Å². The van der Waals surface area contributed by atoms with Gasteiger partial charge in [-0.05, 0) is 6.92 Å². The molecule has 7 heteroatoms. The fourth-order valence-corrected chi connectivity index (χ4v) is 1.84. The van der Waals surface area contributed by atoms with Crippen molar-refractivity contribution in [3.05, 3.63) is 0 Å². The maximum Gasteiger partial charge on any atom is 0.329 e. The molecule has 0 aliphatic rings. The first-order chi connectivity index (χ1) is 8.01.